The number of alkyl halides is 24. The van der Waals surface area contributed by atoms with Gasteiger partial charge in [0.15, 0.2) is 0 Å². The lowest BCUT2D eigenvalue weighted by molar-refractivity contribution is -0.472. The van der Waals surface area contributed by atoms with Crippen LogP contribution >= 0.6 is 22.2 Å². The zero-order chi connectivity index (χ0) is 45.0. The highest BCUT2D eigenvalue weighted by molar-refractivity contribution is 7.47. The second-order valence-electron chi connectivity index (χ2n) is 11.3. The van der Waals surface area contributed by atoms with Gasteiger partial charge in [0.25, 0.3) is 0 Å². The monoisotopic (exact) mass is 948 g/mol. The molecule has 3 nitrogen and oxygen atoms in total. The Balaban J connectivity index is 0. The van der Waals surface area contributed by atoms with Crippen molar-refractivity contribution in [3.8, 4) is 0 Å². The van der Waals surface area contributed by atoms with Crippen LogP contribution < -0.4 is 0 Å². The van der Waals surface area contributed by atoms with Crippen LogP contribution in [-0.4, -0.2) is 102 Å². The average Bonchev–Trinajstić information content (AvgIpc) is 3.02. The van der Waals surface area contributed by atoms with Crippen LogP contribution in [-0.2, 0) is 13.3 Å². The smallest absolute Gasteiger partial charge is 0.377 e. The van der Waals surface area contributed by atoms with Gasteiger partial charge in [-0.05, 0) is 6.42 Å². The summed E-state index contributed by atoms with van der Waals surface area (Å²) in [6.45, 7) is -6.30. The lowest BCUT2D eigenvalue weighted by Crippen LogP contribution is -2.78. The molecule has 0 aromatic carbocycles. The molecule has 0 spiro atoms. The Morgan fingerprint density at radius 1 is 0.382 bits per heavy atom. The summed E-state index contributed by atoms with van der Waals surface area (Å²) in [5, 5.41) is 0. The third-order valence-electron chi connectivity index (χ3n) is 7.53. The SMILES string of the molecule is CCCCCCCCCC[Si](OC)(OC)OC.FC(F)(F)C(F)(F)C(F)(F)C(F)(F)C(F)(F)C(F)(F)C(F)(F)C(F)(F)C(F)(F)C(F)(F)[Si](Cl)(Cl)C(F)(F)F. The zero-order valence-electron chi connectivity index (χ0n) is 27.9. The molecule has 0 aromatic rings. The third-order valence-corrected chi connectivity index (χ3v) is 14.9. The molecule has 334 valence electrons. The first-order chi connectivity index (χ1) is 24.0. The lowest BCUT2D eigenvalue weighted by atomic mass is 9.87. The van der Waals surface area contributed by atoms with Crippen LogP contribution in [0.4, 0.5) is 105 Å². The van der Waals surface area contributed by atoms with Gasteiger partial charge >= 0.3 is 80.4 Å². The summed E-state index contributed by atoms with van der Waals surface area (Å²) in [7, 11) is 2.75. The van der Waals surface area contributed by atoms with Crippen LogP contribution in [0.15, 0.2) is 0 Å². The van der Waals surface area contributed by atoms with E-state index in [-0.39, 0.29) is 0 Å². The molecule has 0 aliphatic carbocycles. The van der Waals surface area contributed by atoms with E-state index in [1.54, 1.807) is 21.3 Å². The normalized spacial score (nSPS) is 15.6. The van der Waals surface area contributed by atoms with Crippen molar-refractivity contribution in [1.29, 1.82) is 0 Å². The second-order valence-corrected chi connectivity index (χ2v) is 20.7. The molecule has 0 aliphatic heterocycles. The Labute approximate surface area is 307 Å². The van der Waals surface area contributed by atoms with Crippen LogP contribution in [0.2, 0.25) is 6.04 Å². The van der Waals surface area contributed by atoms with Crippen molar-refractivity contribution < 1.29 is 119 Å². The molecule has 0 atom stereocenters. The van der Waals surface area contributed by atoms with E-state index in [1.165, 1.54) is 44.9 Å². The number of halogens is 26. The predicted molar refractivity (Wildman–Crippen MR) is 148 cm³/mol. The van der Waals surface area contributed by atoms with Crippen LogP contribution in [0.1, 0.15) is 58.3 Å². The highest BCUT2D eigenvalue weighted by Gasteiger charge is 2.99. The molecule has 0 N–H and O–H groups in total. The first-order valence-electron chi connectivity index (χ1n) is 14.6. The van der Waals surface area contributed by atoms with Crippen LogP contribution in [0.25, 0.3) is 0 Å². The standard InChI is InChI=1S/C13H30O3Si.C11Cl2F24Si/c1-5-6-7-8-9-10-11-12-13-17(14-2,15-3)16-4;12-38(13,11(35,36)37)10(33,34)8(28,29)6(24,25)4(20,21)2(16,17)1(14,15)3(18,19)5(22,23)7(26,27)9(30,31)32/h5-13H2,1-4H3;. The van der Waals surface area contributed by atoms with E-state index < -0.39 is 80.4 Å². The molecule has 0 aromatic heterocycles. The molecule has 0 radical (unpaired) electrons. The summed E-state index contributed by atoms with van der Waals surface area (Å²) < 4.78 is 328. The molecular formula is C24H30Cl2F24O3Si2. The van der Waals surface area contributed by atoms with E-state index in [0.717, 1.165) is 12.5 Å². The topological polar surface area (TPSA) is 27.7 Å². The Morgan fingerprint density at radius 3 is 0.891 bits per heavy atom. The minimum Gasteiger partial charge on any atom is -0.377 e. The van der Waals surface area contributed by atoms with Gasteiger partial charge in [-0.25, -0.2) is 8.78 Å². The second kappa shape index (κ2) is 18.2. The fourth-order valence-electron chi connectivity index (χ4n) is 3.96. The highest BCUT2D eigenvalue weighted by Crippen LogP contribution is 2.67. The van der Waals surface area contributed by atoms with Gasteiger partial charge in [-0.15, -0.1) is 22.2 Å². The van der Waals surface area contributed by atoms with Crippen molar-refractivity contribution in [2.45, 2.75) is 129 Å². The predicted octanol–water partition coefficient (Wildman–Crippen LogP) is 12.8. The molecule has 0 heterocycles. The van der Waals surface area contributed by atoms with E-state index in [9.17, 15) is 105 Å². The van der Waals surface area contributed by atoms with Crippen molar-refractivity contribution in [3.05, 3.63) is 0 Å². The quantitative estimate of drug-likeness (QED) is 0.0497. The molecule has 0 aliphatic rings. The fraction of sp³-hybridized carbons (Fsp3) is 1.00. The van der Waals surface area contributed by atoms with Crippen molar-refractivity contribution in [3.63, 3.8) is 0 Å². The molecule has 0 saturated heterocycles. The minimum atomic E-state index is -9.47. The van der Waals surface area contributed by atoms with Gasteiger partial charge in [-0.1, -0.05) is 51.9 Å². The Bertz CT molecular complexity index is 1110. The molecule has 0 amide bonds. The van der Waals surface area contributed by atoms with Gasteiger partial charge in [0.2, 0.25) is 0 Å². The maximum atomic E-state index is 13.5. The van der Waals surface area contributed by atoms with Crippen LogP contribution in [0, 0.1) is 0 Å². The zero-order valence-corrected chi connectivity index (χ0v) is 31.4. The van der Waals surface area contributed by atoms with Crippen molar-refractivity contribution in [2.24, 2.45) is 0 Å². The van der Waals surface area contributed by atoms with E-state index in [4.69, 9.17) is 13.3 Å². The van der Waals surface area contributed by atoms with Gasteiger partial charge in [0, 0.05) is 27.4 Å². The van der Waals surface area contributed by atoms with E-state index in [1.807, 2.05) is 0 Å². The summed E-state index contributed by atoms with van der Waals surface area (Å²) in [6.07, 6.45) is 2.45. The third kappa shape index (κ3) is 9.99. The van der Waals surface area contributed by atoms with E-state index in [0.29, 0.717) is 0 Å². The molecule has 0 fully saturated rings. The van der Waals surface area contributed by atoms with Gasteiger partial charge in [0.05, 0.1) is 0 Å². The molecule has 0 bridgehead atoms. The molecule has 31 heteroatoms. The molecule has 55 heavy (non-hydrogen) atoms. The summed E-state index contributed by atoms with van der Waals surface area (Å²) in [6, 6.07) is 0.936. The summed E-state index contributed by atoms with van der Waals surface area (Å²) in [5.74, 6) is -80.5. The fourth-order valence-corrected chi connectivity index (χ4v) is 7.38. The Kier molecular flexibility index (Phi) is 18.7. The van der Waals surface area contributed by atoms with Gasteiger partial charge in [-0.3, -0.25) is 0 Å². The van der Waals surface area contributed by atoms with Crippen molar-refractivity contribution in [1.82, 2.24) is 0 Å². The lowest BCUT2D eigenvalue weighted by Gasteiger charge is -2.45. The summed E-state index contributed by atoms with van der Waals surface area (Å²) in [5.41, 5.74) is -8.10. The summed E-state index contributed by atoms with van der Waals surface area (Å²) in [4.78, 5) is 0. The maximum Gasteiger partial charge on any atom is 0.500 e. The minimum absolute atomic E-state index is 0.936. The largest absolute Gasteiger partial charge is 0.500 e. The van der Waals surface area contributed by atoms with E-state index >= 15 is 0 Å². The number of unbranched alkanes of at least 4 members (excludes halogenated alkanes) is 7. The van der Waals surface area contributed by atoms with Crippen LogP contribution in [0.3, 0.4) is 0 Å². The number of hydrogen-bond donors (Lipinski definition) is 0. The van der Waals surface area contributed by atoms with Gasteiger partial charge in [0.1, 0.15) is 0 Å². The first-order valence-corrected chi connectivity index (χ1v) is 20.5. The summed E-state index contributed by atoms with van der Waals surface area (Å²) >= 11 is 7.60. The van der Waals surface area contributed by atoms with Crippen molar-refractivity contribution in [2.75, 3.05) is 21.3 Å². The molecule has 0 saturated carbocycles. The molecular weight excluding hydrogens is 919 g/mol. The van der Waals surface area contributed by atoms with Gasteiger partial charge in [-0.2, -0.15) is 96.6 Å². The Hall–Kier alpha value is -0.786. The maximum absolute atomic E-state index is 13.5. The van der Waals surface area contributed by atoms with Crippen molar-refractivity contribution >= 4 is 37.7 Å². The molecule has 0 unspecified atom stereocenters. The Morgan fingerprint density at radius 2 is 0.636 bits per heavy atom. The average molecular weight is 950 g/mol. The first kappa shape index (κ1) is 56.3. The van der Waals surface area contributed by atoms with Crippen LogP contribution in [0.5, 0.6) is 0 Å². The number of rotatable bonds is 21. The number of hydrogen-bond acceptors (Lipinski definition) is 3. The van der Waals surface area contributed by atoms with Gasteiger partial charge < -0.3 is 13.3 Å². The van der Waals surface area contributed by atoms with E-state index in [2.05, 4.69) is 29.1 Å². The molecule has 0 rings (SSSR count). The highest BCUT2D eigenvalue weighted by atomic mass is 35.7.